The van der Waals surface area contributed by atoms with Gasteiger partial charge in [0.05, 0.1) is 0 Å². The van der Waals surface area contributed by atoms with Crippen LogP contribution in [-0.4, -0.2) is 6.54 Å². The molecule has 0 amide bonds. The molecule has 2 rings (SSSR count). The molecular formula is C12H13NS. The monoisotopic (exact) mass is 203 g/mol. The Kier molecular flexibility index (Phi) is 3.19. The summed E-state index contributed by atoms with van der Waals surface area (Å²) in [6, 6.07) is 12.5. The van der Waals surface area contributed by atoms with Crippen LogP contribution in [-0.2, 0) is 6.42 Å². The number of nitrogens with one attached hydrogen (secondary N) is 1. The van der Waals surface area contributed by atoms with Crippen LogP contribution in [0, 0.1) is 0 Å². The summed E-state index contributed by atoms with van der Waals surface area (Å²) in [6.07, 6.45) is 1.10. The van der Waals surface area contributed by atoms with E-state index >= 15 is 0 Å². The van der Waals surface area contributed by atoms with Crippen molar-refractivity contribution in [3.63, 3.8) is 0 Å². The highest BCUT2D eigenvalue weighted by Crippen LogP contribution is 2.08. The average molecular weight is 203 g/mol. The fourth-order valence-corrected chi connectivity index (χ4v) is 2.05. The predicted molar refractivity (Wildman–Crippen MR) is 63.0 cm³/mol. The Labute approximate surface area is 88.4 Å². The van der Waals surface area contributed by atoms with Crippen molar-refractivity contribution in [2.45, 2.75) is 6.42 Å². The number of rotatable bonds is 4. The number of thiophene rings is 1. The molecule has 1 aromatic carbocycles. The van der Waals surface area contributed by atoms with Gasteiger partial charge in [0, 0.05) is 12.2 Å². The highest BCUT2D eigenvalue weighted by molar-refractivity contribution is 7.07. The van der Waals surface area contributed by atoms with Crippen molar-refractivity contribution < 1.29 is 0 Å². The molecule has 1 nitrogen and oxygen atoms in total. The second-order valence-electron chi connectivity index (χ2n) is 3.17. The summed E-state index contributed by atoms with van der Waals surface area (Å²) >= 11 is 1.76. The van der Waals surface area contributed by atoms with Crippen LogP contribution in [0.5, 0.6) is 0 Å². The van der Waals surface area contributed by atoms with Gasteiger partial charge in [0.25, 0.3) is 0 Å². The van der Waals surface area contributed by atoms with Crippen molar-refractivity contribution in [1.82, 2.24) is 0 Å². The third-order valence-corrected chi connectivity index (χ3v) is 2.83. The van der Waals surface area contributed by atoms with Crippen molar-refractivity contribution in [2.75, 3.05) is 11.9 Å². The first-order valence-electron chi connectivity index (χ1n) is 4.75. The summed E-state index contributed by atoms with van der Waals surface area (Å²) < 4.78 is 0. The van der Waals surface area contributed by atoms with E-state index in [0.29, 0.717) is 0 Å². The number of para-hydroxylation sites is 1. The van der Waals surface area contributed by atoms with Gasteiger partial charge in [-0.25, -0.2) is 0 Å². The van der Waals surface area contributed by atoms with E-state index in [0.717, 1.165) is 13.0 Å². The smallest absolute Gasteiger partial charge is 0.0340 e. The van der Waals surface area contributed by atoms with Crippen molar-refractivity contribution in [3.8, 4) is 0 Å². The number of anilines is 1. The van der Waals surface area contributed by atoms with Crippen LogP contribution in [0.25, 0.3) is 0 Å². The van der Waals surface area contributed by atoms with Crippen LogP contribution in [0.1, 0.15) is 5.56 Å². The van der Waals surface area contributed by atoms with Gasteiger partial charge < -0.3 is 5.32 Å². The Bertz CT molecular complexity index is 353. The van der Waals surface area contributed by atoms with E-state index in [2.05, 4.69) is 34.3 Å². The maximum atomic E-state index is 3.39. The Morgan fingerprint density at radius 3 is 2.64 bits per heavy atom. The normalized spacial score (nSPS) is 10.0. The van der Waals surface area contributed by atoms with Crippen LogP contribution in [0.15, 0.2) is 47.2 Å². The summed E-state index contributed by atoms with van der Waals surface area (Å²) in [5, 5.41) is 7.71. The fraction of sp³-hybridized carbons (Fsp3) is 0.167. The van der Waals surface area contributed by atoms with Crippen LogP contribution >= 0.6 is 11.3 Å². The zero-order valence-electron chi connectivity index (χ0n) is 7.94. The second kappa shape index (κ2) is 4.82. The molecular weight excluding hydrogens is 190 g/mol. The first kappa shape index (κ1) is 9.28. The minimum Gasteiger partial charge on any atom is -0.385 e. The second-order valence-corrected chi connectivity index (χ2v) is 3.95. The summed E-state index contributed by atoms with van der Waals surface area (Å²) in [5.41, 5.74) is 2.61. The third-order valence-electron chi connectivity index (χ3n) is 2.10. The molecule has 0 aliphatic rings. The summed E-state index contributed by atoms with van der Waals surface area (Å²) in [7, 11) is 0. The molecule has 0 atom stereocenters. The van der Waals surface area contributed by atoms with Gasteiger partial charge >= 0.3 is 0 Å². The maximum Gasteiger partial charge on any atom is 0.0340 e. The lowest BCUT2D eigenvalue weighted by Crippen LogP contribution is -2.03. The minimum atomic E-state index is 1.00. The van der Waals surface area contributed by atoms with Gasteiger partial charge in [-0.2, -0.15) is 11.3 Å². The molecule has 0 fully saturated rings. The first-order chi connectivity index (χ1) is 6.95. The van der Waals surface area contributed by atoms with Gasteiger partial charge in [-0.1, -0.05) is 18.2 Å². The fourth-order valence-electron chi connectivity index (χ4n) is 1.34. The van der Waals surface area contributed by atoms with Crippen molar-refractivity contribution >= 4 is 17.0 Å². The maximum absolute atomic E-state index is 3.39. The lowest BCUT2D eigenvalue weighted by Gasteiger charge is -2.04. The molecule has 2 heteroatoms. The van der Waals surface area contributed by atoms with Gasteiger partial charge in [0.1, 0.15) is 0 Å². The van der Waals surface area contributed by atoms with E-state index < -0.39 is 0 Å². The Morgan fingerprint density at radius 1 is 1.07 bits per heavy atom. The van der Waals surface area contributed by atoms with Crippen LogP contribution < -0.4 is 5.32 Å². The van der Waals surface area contributed by atoms with Crippen LogP contribution in [0.4, 0.5) is 5.69 Å². The Hall–Kier alpha value is -1.28. The van der Waals surface area contributed by atoms with E-state index in [9.17, 15) is 0 Å². The summed E-state index contributed by atoms with van der Waals surface area (Å²) in [6.45, 7) is 1.00. The molecule has 0 aliphatic heterocycles. The lowest BCUT2D eigenvalue weighted by molar-refractivity contribution is 1.03. The SMILES string of the molecule is c1ccc(NCCc2ccsc2)cc1. The molecule has 72 valence electrons. The first-order valence-corrected chi connectivity index (χ1v) is 5.69. The Balaban J connectivity index is 1.79. The largest absolute Gasteiger partial charge is 0.385 e. The molecule has 1 heterocycles. The van der Waals surface area contributed by atoms with E-state index in [1.807, 2.05) is 18.2 Å². The molecule has 1 aromatic heterocycles. The molecule has 0 bridgehead atoms. The number of benzene rings is 1. The van der Waals surface area contributed by atoms with Crippen molar-refractivity contribution in [3.05, 3.63) is 52.7 Å². The molecule has 0 unspecified atom stereocenters. The average Bonchev–Trinajstić information content (AvgIpc) is 2.72. The summed E-state index contributed by atoms with van der Waals surface area (Å²) in [4.78, 5) is 0. The quantitative estimate of drug-likeness (QED) is 0.803. The minimum absolute atomic E-state index is 1.00. The number of hydrogen-bond donors (Lipinski definition) is 1. The van der Waals surface area contributed by atoms with Gasteiger partial charge in [-0.3, -0.25) is 0 Å². The van der Waals surface area contributed by atoms with Gasteiger partial charge in [-0.15, -0.1) is 0 Å². The molecule has 0 spiro atoms. The molecule has 1 N–H and O–H groups in total. The van der Waals surface area contributed by atoms with Crippen molar-refractivity contribution in [2.24, 2.45) is 0 Å². The standard InChI is InChI=1S/C12H13NS/c1-2-4-12(5-3-1)13-8-6-11-7-9-14-10-11/h1-5,7,9-10,13H,6,8H2. The topological polar surface area (TPSA) is 12.0 Å². The van der Waals surface area contributed by atoms with Gasteiger partial charge in [0.15, 0.2) is 0 Å². The predicted octanol–water partition coefficient (Wildman–Crippen LogP) is 3.40. The van der Waals surface area contributed by atoms with Crippen molar-refractivity contribution in [1.29, 1.82) is 0 Å². The molecule has 0 radical (unpaired) electrons. The van der Waals surface area contributed by atoms with E-state index in [1.54, 1.807) is 11.3 Å². The van der Waals surface area contributed by atoms with Gasteiger partial charge in [0.2, 0.25) is 0 Å². The zero-order valence-corrected chi connectivity index (χ0v) is 8.76. The molecule has 0 saturated carbocycles. The highest BCUT2D eigenvalue weighted by atomic mass is 32.1. The third kappa shape index (κ3) is 2.60. The Morgan fingerprint density at radius 2 is 1.93 bits per heavy atom. The van der Waals surface area contributed by atoms with Crippen LogP contribution in [0.3, 0.4) is 0 Å². The molecule has 0 saturated heterocycles. The zero-order chi connectivity index (χ0) is 9.64. The van der Waals surface area contributed by atoms with E-state index in [-0.39, 0.29) is 0 Å². The van der Waals surface area contributed by atoms with Gasteiger partial charge in [-0.05, 0) is 40.9 Å². The summed E-state index contributed by atoms with van der Waals surface area (Å²) in [5.74, 6) is 0. The number of hydrogen-bond acceptors (Lipinski definition) is 2. The van der Waals surface area contributed by atoms with E-state index in [4.69, 9.17) is 0 Å². The van der Waals surface area contributed by atoms with Crippen LogP contribution in [0.2, 0.25) is 0 Å². The van der Waals surface area contributed by atoms with E-state index in [1.165, 1.54) is 11.3 Å². The highest BCUT2D eigenvalue weighted by Gasteiger charge is 1.92. The molecule has 0 aliphatic carbocycles. The molecule has 2 aromatic rings. The molecule has 14 heavy (non-hydrogen) atoms. The lowest BCUT2D eigenvalue weighted by atomic mass is 10.2.